The normalized spacial score (nSPS) is 10.7. The van der Waals surface area contributed by atoms with Gasteiger partial charge in [-0.15, -0.1) is 0 Å². The highest BCUT2D eigenvalue weighted by atomic mass is 19.1. The van der Waals surface area contributed by atoms with E-state index < -0.39 is 0 Å². The fourth-order valence-electron chi connectivity index (χ4n) is 2.22. The molecule has 0 aliphatic heterocycles. The third-order valence-corrected chi connectivity index (χ3v) is 3.43. The Labute approximate surface area is 116 Å². The number of carbonyl (C=O) groups is 1. The molecule has 0 N–H and O–H groups in total. The summed E-state index contributed by atoms with van der Waals surface area (Å²) in [4.78, 5) is 11.9. The lowest BCUT2D eigenvalue weighted by atomic mass is 10.0. The lowest BCUT2D eigenvalue weighted by molar-refractivity contribution is 0.0975. The SMILES string of the molecule is CCCCCCCCCC(=O)c1ccc(C)cc1F. The van der Waals surface area contributed by atoms with E-state index in [4.69, 9.17) is 0 Å². The topological polar surface area (TPSA) is 17.1 Å². The molecule has 0 saturated carbocycles. The Morgan fingerprint density at radius 1 is 1.05 bits per heavy atom. The van der Waals surface area contributed by atoms with Gasteiger partial charge in [-0.3, -0.25) is 4.79 Å². The number of benzene rings is 1. The second-order valence-electron chi connectivity index (χ2n) is 5.28. The van der Waals surface area contributed by atoms with Crippen molar-refractivity contribution >= 4 is 5.78 Å². The van der Waals surface area contributed by atoms with Crippen LogP contribution in [0.3, 0.4) is 0 Å². The molecule has 1 aromatic rings. The highest BCUT2D eigenvalue weighted by Crippen LogP contribution is 2.15. The number of Topliss-reactive ketones (excluding diaryl/α,β-unsaturated/α-hetero) is 1. The summed E-state index contributed by atoms with van der Waals surface area (Å²) in [7, 11) is 0. The molecule has 0 bridgehead atoms. The predicted octanol–water partition coefficient (Wildman–Crippen LogP) is 5.46. The third kappa shape index (κ3) is 6.00. The van der Waals surface area contributed by atoms with E-state index in [0.717, 1.165) is 18.4 Å². The van der Waals surface area contributed by atoms with Gasteiger partial charge in [0.2, 0.25) is 0 Å². The van der Waals surface area contributed by atoms with Crippen LogP contribution in [0.25, 0.3) is 0 Å². The van der Waals surface area contributed by atoms with Crippen LogP contribution in [0, 0.1) is 12.7 Å². The van der Waals surface area contributed by atoms with Gasteiger partial charge in [0.15, 0.2) is 5.78 Å². The van der Waals surface area contributed by atoms with Crippen molar-refractivity contribution in [3.63, 3.8) is 0 Å². The maximum atomic E-state index is 13.6. The Balaban J connectivity index is 2.24. The minimum absolute atomic E-state index is 0.0638. The van der Waals surface area contributed by atoms with Gasteiger partial charge in [-0.2, -0.15) is 0 Å². The highest BCUT2D eigenvalue weighted by Gasteiger charge is 2.10. The van der Waals surface area contributed by atoms with Crippen LogP contribution in [0.2, 0.25) is 0 Å². The summed E-state index contributed by atoms with van der Waals surface area (Å²) in [6, 6.07) is 4.83. The lowest BCUT2D eigenvalue weighted by Crippen LogP contribution is -2.02. The maximum Gasteiger partial charge on any atom is 0.165 e. The summed E-state index contributed by atoms with van der Waals surface area (Å²) >= 11 is 0. The Hall–Kier alpha value is -1.18. The Bertz CT molecular complexity index is 398. The van der Waals surface area contributed by atoms with Gasteiger partial charge in [0.05, 0.1) is 5.56 Å². The second-order valence-corrected chi connectivity index (χ2v) is 5.28. The standard InChI is InChI=1S/C17H25FO/c1-3-4-5-6-7-8-9-10-17(19)15-12-11-14(2)13-16(15)18/h11-13H,3-10H2,1-2H3. The molecule has 19 heavy (non-hydrogen) atoms. The molecular formula is C17H25FO. The molecule has 0 unspecified atom stereocenters. The van der Waals surface area contributed by atoms with Crippen molar-refractivity contribution in [3.8, 4) is 0 Å². The van der Waals surface area contributed by atoms with Crippen LogP contribution in [0.15, 0.2) is 18.2 Å². The largest absolute Gasteiger partial charge is 0.294 e. The van der Waals surface area contributed by atoms with E-state index in [-0.39, 0.29) is 17.2 Å². The second kappa shape index (κ2) is 8.84. The molecule has 0 aliphatic carbocycles. The van der Waals surface area contributed by atoms with Crippen molar-refractivity contribution < 1.29 is 9.18 Å². The molecule has 0 amide bonds. The van der Waals surface area contributed by atoms with Crippen LogP contribution < -0.4 is 0 Å². The lowest BCUT2D eigenvalue weighted by Gasteiger charge is -2.04. The number of ketones is 1. The van der Waals surface area contributed by atoms with Crippen molar-refractivity contribution in [2.75, 3.05) is 0 Å². The van der Waals surface area contributed by atoms with Crippen LogP contribution in [-0.4, -0.2) is 5.78 Å². The van der Waals surface area contributed by atoms with Gasteiger partial charge in [-0.1, -0.05) is 51.5 Å². The third-order valence-electron chi connectivity index (χ3n) is 3.43. The van der Waals surface area contributed by atoms with E-state index in [1.165, 1.54) is 38.2 Å². The van der Waals surface area contributed by atoms with Crippen molar-refractivity contribution in [3.05, 3.63) is 35.1 Å². The molecule has 1 rings (SSSR count). The molecule has 0 aromatic heterocycles. The molecule has 0 spiro atoms. The summed E-state index contributed by atoms with van der Waals surface area (Å²) in [6.07, 6.45) is 8.69. The molecular weight excluding hydrogens is 239 g/mol. The average molecular weight is 264 g/mol. The maximum absolute atomic E-state index is 13.6. The van der Waals surface area contributed by atoms with E-state index in [2.05, 4.69) is 6.92 Å². The molecule has 0 atom stereocenters. The zero-order valence-corrected chi connectivity index (χ0v) is 12.2. The fourth-order valence-corrected chi connectivity index (χ4v) is 2.22. The number of aryl methyl sites for hydroxylation is 1. The molecule has 0 fully saturated rings. The monoisotopic (exact) mass is 264 g/mol. The van der Waals surface area contributed by atoms with E-state index in [0.29, 0.717) is 6.42 Å². The first-order chi connectivity index (χ1) is 9.15. The number of hydrogen-bond acceptors (Lipinski definition) is 1. The molecule has 0 heterocycles. The number of unbranched alkanes of at least 4 members (excludes halogenated alkanes) is 6. The molecule has 0 aliphatic rings. The van der Waals surface area contributed by atoms with E-state index >= 15 is 0 Å². The fraction of sp³-hybridized carbons (Fsp3) is 0.588. The van der Waals surface area contributed by atoms with E-state index in [1.807, 2.05) is 6.92 Å². The summed E-state index contributed by atoms with van der Waals surface area (Å²) < 4.78 is 13.6. The first-order valence-electron chi connectivity index (χ1n) is 7.44. The molecule has 1 aromatic carbocycles. The Morgan fingerprint density at radius 3 is 2.32 bits per heavy atom. The van der Waals surface area contributed by atoms with Gasteiger partial charge in [-0.05, 0) is 31.0 Å². The van der Waals surface area contributed by atoms with E-state index in [1.54, 1.807) is 12.1 Å². The van der Waals surface area contributed by atoms with Crippen LogP contribution in [0.5, 0.6) is 0 Å². The number of rotatable bonds is 9. The van der Waals surface area contributed by atoms with Gasteiger partial charge >= 0.3 is 0 Å². The molecule has 0 radical (unpaired) electrons. The van der Waals surface area contributed by atoms with Crippen molar-refractivity contribution in [1.82, 2.24) is 0 Å². The predicted molar refractivity (Wildman–Crippen MR) is 78.1 cm³/mol. The Morgan fingerprint density at radius 2 is 1.68 bits per heavy atom. The van der Waals surface area contributed by atoms with Crippen LogP contribution >= 0.6 is 0 Å². The summed E-state index contributed by atoms with van der Waals surface area (Å²) in [5.41, 5.74) is 1.10. The van der Waals surface area contributed by atoms with Crippen molar-refractivity contribution in [2.24, 2.45) is 0 Å². The summed E-state index contributed by atoms with van der Waals surface area (Å²) in [5.74, 6) is -0.445. The average Bonchev–Trinajstić information content (AvgIpc) is 2.37. The Kier molecular flexibility index (Phi) is 7.39. The first kappa shape index (κ1) is 15.9. The number of halogens is 1. The first-order valence-corrected chi connectivity index (χ1v) is 7.44. The molecule has 106 valence electrons. The van der Waals surface area contributed by atoms with Gasteiger partial charge < -0.3 is 0 Å². The highest BCUT2D eigenvalue weighted by molar-refractivity contribution is 5.96. The molecule has 0 saturated heterocycles. The molecule has 2 heteroatoms. The zero-order valence-electron chi connectivity index (χ0n) is 12.2. The summed E-state index contributed by atoms with van der Waals surface area (Å²) in [5, 5.41) is 0. The van der Waals surface area contributed by atoms with Crippen molar-refractivity contribution in [2.45, 2.75) is 65.2 Å². The van der Waals surface area contributed by atoms with Crippen molar-refractivity contribution in [1.29, 1.82) is 0 Å². The quantitative estimate of drug-likeness (QED) is 0.427. The number of hydrogen-bond donors (Lipinski definition) is 0. The van der Waals surface area contributed by atoms with Crippen LogP contribution in [0.1, 0.15) is 74.2 Å². The van der Waals surface area contributed by atoms with Gasteiger partial charge in [0.1, 0.15) is 5.82 Å². The van der Waals surface area contributed by atoms with Gasteiger partial charge in [-0.25, -0.2) is 4.39 Å². The summed E-state index contributed by atoms with van der Waals surface area (Å²) in [6.45, 7) is 4.03. The number of carbonyl (C=O) groups excluding carboxylic acids is 1. The van der Waals surface area contributed by atoms with E-state index in [9.17, 15) is 9.18 Å². The molecule has 1 nitrogen and oxygen atoms in total. The van der Waals surface area contributed by atoms with Gasteiger partial charge in [0.25, 0.3) is 0 Å². The zero-order chi connectivity index (χ0) is 14.1. The van der Waals surface area contributed by atoms with Crippen LogP contribution in [-0.2, 0) is 0 Å². The smallest absolute Gasteiger partial charge is 0.165 e. The van der Waals surface area contributed by atoms with Crippen LogP contribution in [0.4, 0.5) is 4.39 Å². The minimum atomic E-state index is -0.382. The minimum Gasteiger partial charge on any atom is -0.294 e. The van der Waals surface area contributed by atoms with Gasteiger partial charge in [0, 0.05) is 6.42 Å².